The van der Waals surface area contributed by atoms with E-state index in [0.717, 1.165) is 37.2 Å². The van der Waals surface area contributed by atoms with E-state index in [1.807, 2.05) is 13.0 Å². The van der Waals surface area contributed by atoms with Crippen LogP contribution in [0.2, 0.25) is 0 Å². The van der Waals surface area contributed by atoms with Gasteiger partial charge in [-0.05, 0) is 37.8 Å². The van der Waals surface area contributed by atoms with Crippen LogP contribution in [-0.4, -0.2) is 28.5 Å². The number of aliphatic hydroxyl groups is 1. The molecule has 0 radical (unpaired) electrons. The number of aryl methyl sites for hydroxylation is 1. The fourth-order valence-electron chi connectivity index (χ4n) is 1.18. The van der Waals surface area contributed by atoms with Crippen molar-refractivity contribution in [1.82, 2.24) is 10.2 Å². The summed E-state index contributed by atoms with van der Waals surface area (Å²) in [6, 6.07) is 1.97. The maximum atomic E-state index is 8.58. The van der Waals surface area contributed by atoms with Crippen molar-refractivity contribution in [1.29, 1.82) is 0 Å². The van der Waals surface area contributed by atoms with Crippen LogP contribution in [0.3, 0.4) is 0 Å². The van der Waals surface area contributed by atoms with Gasteiger partial charge in [0.1, 0.15) is 5.82 Å². The van der Waals surface area contributed by atoms with Crippen molar-refractivity contribution < 1.29 is 5.11 Å². The Morgan fingerprint density at radius 1 is 1.36 bits per heavy atom. The third-order valence-corrected chi connectivity index (χ3v) is 1.93. The van der Waals surface area contributed by atoms with Crippen LogP contribution in [0.4, 0.5) is 5.82 Å². The Balaban J connectivity index is 2.18. The van der Waals surface area contributed by atoms with E-state index in [1.54, 1.807) is 6.20 Å². The van der Waals surface area contributed by atoms with E-state index in [4.69, 9.17) is 5.11 Å². The molecule has 4 heteroatoms. The van der Waals surface area contributed by atoms with Crippen LogP contribution in [0.1, 0.15) is 24.8 Å². The molecule has 0 fully saturated rings. The minimum atomic E-state index is 0.282. The predicted octanol–water partition coefficient (Wildman–Crippen LogP) is 1.36. The molecule has 78 valence electrons. The van der Waals surface area contributed by atoms with E-state index >= 15 is 0 Å². The van der Waals surface area contributed by atoms with E-state index in [-0.39, 0.29) is 6.61 Å². The molecule has 0 spiro atoms. The number of nitrogens with one attached hydrogen (secondary N) is 1. The topological polar surface area (TPSA) is 58.0 Å². The Hall–Kier alpha value is -1.16. The first-order valence-corrected chi connectivity index (χ1v) is 4.97. The summed E-state index contributed by atoms with van der Waals surface area (Å²) < 4.78 is 0. The van der Waals surface area contributed by atoms with E-state index < -0.39 is 0 Å². The standard InChI is InChI=1S/C10H17N3O/c1-9-7-10(13-12-8-9)11-5-3-2-4-6-14/h7-8,14H,2-6H2,1H3,(H,11,13). The van der Waals surface area contributed by atoms with Gasteiger partial charge in [0.05, 0.1) is 6.20 Å². The quantitative estimate of drug-likeness (QED) is 0.673. The predicted molar refractivity (Wildman–Crippen MR) is 56.2 cm³/mol. The summed E-state index contributed by atoms with van der Waals surface area (Å²) in [5, 5.41) is 19.6. The average molecular weight is 195 g/mol. The number of aromatic nitrogens is 2. The monoisotopic (exact) mass is 195 g/mol. The molecule has 0 amide bonds. The van der Waals surface area contributed by atoms with Crippen molar-refractivity contribution in [2.45, 2.75) is 26.2 Å². The lowest BCUT2D eigenvalue weighted by molar-refractivity contribution is 0.283. The fourth-order valence-corrected chi connectivity index (χ4v) is 1.18. The highest BCUT2D eigenvalue weighted by molar-refractivity contribution is 5.34. The normalized spacial score (nSPS) is 10.1. The lowest BCUT2D eigenvalue weighted by Crippen LogP contribution is -2.04. The van der Waals surface area contributed by atoms with Crippen LogP contribution in [0.15, 0.2) is 12.3 Å². The van der Waals surface area contributed by atoms with Crippen molar-refractivity contribution in [3.8, 4) is 0 Å². The molecule has 0 aliphatic heterocycles. The Kier molecular flexibility index (Phi) is 4.93. The highest BCUT2D eigenvalue weighted by Gasteiger charge is 1.94. The Morgan fingerprint density at radius 2 is 2.21 bits per heavy atom. The molecular weight excluding hydrogens is 178 g/mol. The van der Waals surface area contributed by atoms with Crippen LogP contribution in [0, 0.1) is 6.92 Å². The molecule has 0 saturated heterocycles. The average Bonchev–Trinajstić information content (AvgIpc) is 2.18. The maximum absolute atomic E-state index is 8.58. The lowest BCUT2D eigenvalue weighted by atomic mass is 10.2. The van der Waals surface area contributed by atoms with Gasteiger partial charge in [0, 0.05) is 13.2 Å². The molecule has 4 nitrogen and oxygen atoms in total. The largest absolute Gasteiger partial charge is 0.396 e. The minimum Gasteiger partial charge on any atom is -0.396 e. The molecule has 0 aliphatic carbocycles. The second kappa shape index (κ2) is 6.32. The molecule has 0 aliphatic rings. The SMILES string of the molecule is Cc1cnnc(NCCCCCO)c1. The van der Waals surface area contributed by atoms with Crippen molar-refractivity contribution in [3.05, 3.63) is 17.8 Å². The van der Waals surface area contributed by atoms with Gasteiger partial charge < -0.3 is 10.4 Å². The summed E-state index contributed by atoms with van der Waals surface area (Å²) in [5.74, 6) is 0.828. The third-order valence-electron chi connectivity index (χ3n) is 1.93. The molecule has 0 unspecified atom stereocenters. The number of anilines is 1. The fraction of sp³-hybridized carbons (Fsp3) is 0.600. The van der Waals surface area contributed by atoms with E-state index in [2.05, 4.69) is 15.5 Å². The van der Waals surface area contributed by atoms with Crippen LogP contribution >= 0.6 is 0 Å². The van der Waals surface area contributed by atoms with Crippen LogP contribution < -0.4 is 5.32 Å². The molecule has 0 atom stereocenters. The van der Waals surface area contributed by atoms with Crippen LogP contribution in [-0.2, 0) is 0 Å². The second-order valence-electron chi connectivity index (χ2n) is 3.33. The van der Waals surface area contributed by atoms with E-state index in [9.17, 15) is 0 Å². The van der Waals surface area contributed by atoms with Crippen LogP contribution in [0.5, 0.6) is 0 Å². The number of rotatable bonds is 6. The minimum absolute atomic E-state index is 0.282. The van der Waals surface area contributed by atoms with Gasteiger partial charge in [0.2, 0.25) is 0 Å². The zero-order chi connectivity index (χ0) is 10.2. The molecule has 2 N–H and O–H groups in total. The molecule has 1 heterocycles. The number of nitrogens with zero attached hydrogens (tertiary/aromatic N) is 2. The van der Waals surface area contributed by atoms with E-state index in [1.165, 1.54) is 0 Å². The number of unbranched alkanes of at least 4 members (excludes halogenated alkanes) is 2. The third kappa shape index (κ3) is 4.18. The van der Waals surface area contributed by atoms with Gasteiger partial charge in [-0.25, -0.2) is 0 Å². The second-order valence-corrected chi connectivity index (χ2v) is 3.33. The highest BCUT2D eigenvalue weighted by Crippen LogP contribution is 2.03. The van der Waals surface area contributed by atoms with E-state index in [0.29, 0.717) is 0 Å². The smallest absolute Gasteiger partial charge is 0.148 e. The molecule has 1 aromatic rings. The molecule has 0 saturated carbocycles. The zero-order valence-corrected chi connectivity index (χ0v) is 8.53. The lowest BCUT2D eigenvalue weighted by Gasteiger charge is -2.04. The molecule has 14 heavy (non-hydrogen) atoms. The summed E-state index contributed by atoms with van der Waals surface area (Å²) >= 11 is 0. The van der Waals surface area contributed by atoms with Gasteiger partial charge >= 0.3 is 0 Å². The number of aliphatic hydroxyl groups excluding tert-OH is 1. The van der Waals surface area contributed by atoms with Gasteiger partial charge in [-0.3, -0.25) is 0 Å². The maximum Gasteiger partial charge on any atom is 0.148 e. The van der Waals surface area contributed by atoms with Gasteiger partial charge in [-0.1, -0.05) is 0 Å². The van der Waals surface area contributed by atoms with Crippen molar-refractivity contribution in [2.24, 2.45) is 0 Å². The molecular formula is C10H17N3O. The number of hydrogen-bond donors (Lipinski definition) is 2. The van der Waals surface area contributed by atoms with Gasteiger partial charge in [0.25, 0.3) is 0 Å². The summed E-state index contributed by atoms with van der Waals surface area (Å²) in [6.45, 7) is 3.16. The first-order valence-electron chi connectivity index (χ1n) is 4.97. The summed E-state index contributed by atoms with van der Waals surface area (Å²) in [7, 11) is 0. The Labute approximate surface area is 84.4 Å². The first kappa shape index (κ1) is 10.9. The van der Waals surface area contributed by atoms with Crippen molar-refractivity contribution in [2.75, 3.05) is 18.5 Å². The number of hydrogen-bond acceptors (Lipinski definition) is 4. The highest BCUT2D eigenvalue weighted by atomic mass is 16.2. The molecule has 1 aromatic heterocycles. The zero-order valence-electron chi connectivity index (χ0n) is 8.53. The van der Waals surface area contributed by atoms with Crippen LogP contribution in [0.25, 0.3) is 0 Å². The summed E-state index contributed by atoms with van der Waals surface area (Å²) in [6.07, 6.45) is 4.71. The van der Waals surface area contributed by atoms with Gasteiger partial charge in [-0.2, -0.15) is 5.10 Å². The molecule has 0 bridgehead atoms. The van der Waals surface area contributed by atoms with Crippen molar-refractivity contribution >= 4 is 5.82 Å². The van der Waals surface area contributed by atoms with Gasteiger partial charge in [0.15, 0.2) is 0 Å². The first-order chi connectivity index (χ1) is 6.83. The van der Waals surface area contributed by atoms with Gasteiger partial charge in [-0.15, -0.1) is 5.10 Å². The molecule has 1 rings (SSSR count). The Morgan fingerprint density at radius 3 is 2.93 bits per heavy atom. The van der Waals surface area contributed by atoms with Crippen molar-refractivity contribution in [3.63, 3.8) is 0 Å². The Bertz CT molecular complexity index is 265. The summed E-state index contributed by atoms with van der Waals surface area (Å²) in [4.78, 5) is 0. The summed E-state index contributed by atoms with van der Waals surface area (Å²) in [5.41, 5.74) is 1.11. The molecule has 0 aromatic carbocycles.